The van der Waals surface area contributed by atoms with Crippen molar-refractivity contribution in [1.82, 2.24) is 0 Å². The monoisotopic (exact) mass is 190 g/mol. The van der Waals surface area contributed by atoms with E-state index in [1.54, 1.807) is 0 Å². The SMILES string of the molecule is CCCC1=C(N=CN)C=CC(C)C=C1. The van der Waals surface area contributed by atoms with Crippen LogP contribution in [0.1, 0.15) is 26.7 Å². The third-order valence-electron chi connectivity index (χ3n) is 2.22. The zero-order chi connectivity index (χ0) is 10.4. The van der Waals surface area contributed by atoms with Crippen molar-refractivity contribution in [3.8, 4) is 0 Å². The van der Waals surface area contributed by atoms with Crippen LogP contribution in [0.4, 0.5) is 0 Å². The van der Waals surface area contributed by atoms with Gasteiger partial charge in [-0.3, -0.25) is 0 Å². The van der Waals surface area contributed by atoms with Crippen LogP contribution in [-0.2, 0) is 0 Å². The molecule has 0 aromatic carbocycles. The van der Waals surface area contributed by atoms with Gasteiger partial charge in [-0.25, -0.2) is 4.99 Å². The summed E-state index contributed by atoms with van der Waals surface area (Å²) in [5.41, 5.74) is 7.59. The van der Waals surface area contributed by atoms with Gasteiger partial charge >= 0.3 is 0 Å². The third-order valence-corrected chi connectivity index (χ3v) is 2.22. The molecule has 0 heterocycles. The Kier molecular flexibility index (Phi) is 4.17. The molecule has 0 aromatic heterocycles. The smallest absolute Gasteiger partial charge is 0.0860 e. The highest BCUT2D eigenvalue weighted by molar-refractivity contribution is 5.55. The molecule has 14 heavy (non-hydrogen) atoms. The molecule has 0 aliphatic heterocycles. The van der Waals surface area contributed by atoms with E-state index < -0.39 is 0 Å². The molecule has 1 aliphatic rings. The zero-order valence-corrected chi connectivity index (χ0v) is 8.90. The van der Waals surface area contributed by atoms with Crippen LogP contribution in [0.5, 0.6) is 0 Å². The van der Waals surface area contributed by atoms with Gasteiger partial charge in [0.2, 0.25) is 0 Å². The average Bonchev–Trinajstić information content (AvgIpc) is 2.33. The van der Waals surface area contributed by atoms with Crippen LogP contribution in [0, 0.1) is 5.92 Å². The quantitative estimate of drug-likeness (QED) is 0.539. The first kappa shape index (κ1) is 10.8. The lowest BCUT2D eigenvalue weighted by Gasteiger charge is -2.01. The lowest BCUT2D eigenvalue weighted by molar-refractivity contribution is 0.910. The lowest BCUT2D eigenvalue weighted by atomic mass is 10.1. The fourth-order valence-corrected chi connectivity index (χ4v) is 1.45. The molecule has 0 saturated carbocycles. The van der Waals surface area contributed by atoms with E-state index >= 15 is 0 Å². The maximum Gasteiger partial charge on any atom is 0.0860 e. The first-order chi connectivity index (χ1) is 6.77. The second-order valence-electron chi connectivity index (χ2n) is 3.52. The van der Waals surface area contributed by atoms with Crippen LogP contribution in [0.2, 0.25) is 0 Å². The Morgan fingerprint density at radius 2 is 2.14 bits per heavy atom. The Labute approximate surface area is 85.9 Å². The van der Waals surface area contributed by atoms with E-state index in [1.807, 2.05) is 0 Å². The molecular weight excluding hydrogens is 172 g/mol. The van der Waals surface area contributed by atoms with Gasteiger partial charge in [0.1, 0.15) is 0 Å². The van der Waals surface area contributed by atoms with Crippen LogP contribution < -0.4 is 5.73 Å². The summed E-state index contributed by atoms with van der Waals surface area (Å²) in [6, 6.07) is 0. The molecule has 76 valence electrons. The maximum atomic E-state index is 5.32. The molecule has 0 radical (unpaired) electrons. The molecule has 0 bridgehead atoms. The van der Waals surface area contributed by atoms with Crippen LogP contribution in [0.15, 0.2) is 40.6 Å². The molecule has 1 aliphatic carbocycles. The van der Waals surface area contributed by atoms with E-state index in [-0.39, 0.29) is 0 Å². The van der Waals surface area contributed by atoms with Gasteiger partial charge < -0.3 is 5.73 Å². The Morgan fingerprint density at radius 3 is 2.79 bits per heavy atom. The van der Waals surface area contributed by atoms with E-state index in [0.717, 1.165) is 18.5 Å². The standard InChI is InChI=1S/C12H18N2/c1-3-4-11-7-5-10(2)6-8-12(11)14-9-13/h5-10H,3-4H2,1-2H3,(H2,13,14). The largest absolute Gasteiger partial charge is 0.390 e. The summed E-state index contributed by atoms with van der Waals surface area (Å²) in [6.45, 7) is 4.33. The maximum absolute atomic E-state index is 5.32. The molecule has 2 nitrogen and oxygen atoms in total. The van der Waals surface area contributed by atoms with Crippen molar-refractivity contribution in [2.45, 2.75) is 26.7 Å². The van der Waals surface area contributed by atoms with E-state index in [9.17, 15) is 0 Å². The zero-order valence-electron chi connectivity index (χ0n) is 8.90. The molecule has 0 aromatic rings. The van der Waals surface area contributed by atoms with Gasteiger partial charge in [0.05, 0.1) is 12.0 Å². The molecule has 2 N–H and O–H groups in total. The third kappa shape index (κ3) is 2.87. The van der Waals surface area contributed by atoms with Crippen LogP contribution in [0.3, 0.4) is 0 Å². The second-order valence-corrected chi connectivity index (χ2v) is 3.52. The van der Waals surface area contributed by atoms with E-state index in [0.29, 0.717) is 5.92 Å². The minimum absolute atomic E-state index is 0.479. The van der Waals surface area contributed by atoms with Crippen molar-refractivity contribution in [3.63, 3.8) is 0 Å². The minimum Gasteiger partial charge on any atom is -0.390 e. The normalized spacial score (nSPS) is 22.0. The van der Waals surface area contributed by atoms with Crippen molar-refractivity contribution < 1.29 is 0 Å². The molecular formula is C12H18N2. The van der Waals surface area contributed by atoms with Crippen molar-refractivity contribution in [1.29, 1.82) is 0 Å². The van der Waals surface area contributed by atoms with E-state index in [1.165, 1.54) is 11.9 Å². The van der Waals surface area contributed by atoms with Gasteiger partial charge in [-0.05, 0) is 24.0 Å². The molecule has 0 spiro atoms. The molecule has 2 heteroatoms. The Morgan fingerprint density at radius 1 is 1.43 bits per heavy atom. The topological polar surface area (TPSA) is 38.4 Å². The van der Waals surface area contributed by atoms with Gasteiger partial charge in [-0.1, -0.05) is 38.5 Å². The Balaban J connectivity index is 2.97. The van der Waals surface area contributed by atoms with E-state index in [4.69, 9.17) is 5.73 Å². The predicted molar refractivity (Wildman–Crippen MR) is 62.1 cm³/mol. The molecule has 0 saturated heterocycles. The van der Waals surface area contributed by atoms with Gasteiger partial charge in [-0.15, -0.1) is 0 Å². The predicted octanol–water partition coefficient (Wildman–Crippen LogP) is 2.79. The summed E-state index contributed by atoms with van der Waals surface area (Å²) in [6.07, 6.45) is 12.1. The number of aliphatic imine (C=N–C) groups is 1. The first-order valence-corrected chi connectivity index (χ1v) is 5.11. The summed E-state index contributed by atoms with van der Waals surface area (Å²) < 4.78 is 0. The van der Waals surface area contributed by atoms with Gasteiger partial charge in [-0.2, -0.15) is 0 Å². The highest BCUT2D eigenvalue weighted by atomic mass is 14.8. The Hall–Kier alpha value is -1.31. The minimum atomic E-state index is 0.479. The van der Waals surface area contributed by atoms with Crippen LogP contribution >= 0.6 is 0 Å². The second kappa shape index (κ2) is 5.43. The summed E-state index contributed by atoms with van der Waals surface area (Å²) in [5, 5.41) is 0. The van der Waals surface area contributed by atoms with Crippen molar-refractivity contribution in [2.75, 3.05) is 0 Å². The molecule has 1 atom stereocenters. The highest BCUT2D eigenvalue weighted by Crippen LogP contribution is 2.20. The summed E-state index contributed by atoms with van der Waals surface area (Å²) in [7, 11) is 0. The summed E-state index contributed by atoms with van der Waals surface area (Å²) >= 11 is 0. The molecule has 1 rings (SSSR count). The number of nitrogens with two attached hydrogens (primary N) is 1. The number of rotatable bonds is 3. The molecule has 1 unspecified atom stereocenters. The Bertz CT molecular complexity index is 295. The average molecular weight is 190 g/mol. The van der Waals surface area contributed by atoms with Crippen molar-refractivity contribution in [3.05, 3.63) is 35.6 Å². The first-order valence-electron chi connectivity index (χ1n) is 5.11. The summed E-state index contributed by atoms with van der Waals surface area (Å²) in [5.74, 6) is 0.479. The number of allylic oxidation sites excluding steroid dienone is 5. The number of hydrogen-bond acceptors (Lipinski definition) is 1. The van der Waals surface area contributed by atoms with Gasteiger partial charge in [0.15, 0.2) is 0 Å². The molecule has 0 amide bonds. The van der Waals surface area contributed by atoms with Crippen molar-refractivity contribution in [2.24, 2.45) is 16.6 Å². The summed E-state index contributed by atoms with van der Waals surface area (Å²) in [4.78, 5) is 4.17. The van der Waals surface area contributed by atoms with E-state index in [2.05, 4.69) is 43.1 Å². The fraction of sp³-hybridized carbons (Fsp3) is 0.417. The lowest BCUT2D eigenvalue weighted by Crippen LogP contribution is -1.91. The van der Waals surface area contributed by atoms with Gasteiger partial charge in [0.25, 0.3) is 0 Å². The fourth-order valence-electron chi connectivity index (χ4n) is 1.45. The van der Waals surface area contributed by atoms with Gasteiger partial charge in [0, 0.05) is 0 Å². The van der Waals surface area contributed by atoms with Crippen LogP contribution in [-0.4, -0.2) is 6.34 Å². The highest BCUT2D eigenvalue weighted by Gasteiger charge is 2.03. The number of hydrogen-bond donors (Lipinski definition) is 1. The van der Waals surface area contributed by atoms with Crippen LogP contribution in [0.25, 0.3) is 0 Å². The molecule has 0 fully saturated rings. The van der Waals surface area contributed by atoms with Crippen molar-refractivity contribution >= 4 is 6.34 Å². The number of nitrogens with zero attached hydrogens (tertiary/aromatic N) is 1.